The highest BCUT2D eigenvalue weighted by atomic mass is 16.1. The number of carbonyl (C=O) groups excluding carboxylic acids is 1. The largest absolute Gasteiger partial charge is 0.349 e. The minimum absolute atomic E-state index is 0.0395. The third kappa shape index (κ3) is 3.69. The number of amides is 1. The van der Waals surface area contributed by atoms with Crippen LogP contribution >= 0.6 is 0 Å². The molecule has 2 aromatic heterocycles. The number of nitrogens with zero attached hydrogens (tertiary/aromatic N) is 3. The second-order valence-corrected chi connectivity index (χ2v) is 8.01. The van der Waals surface area contributed by atoms with Crippen molar-refractivity contribution in [3.8, 4) is 0 Å². The highest BCUT2D eigenvalue weighted by Crippen LogP contribution is 2.33. The second-order valence-electron chi connectivity index (χ2n) is 8.01. The molecule has 0 atom stereocenters. The summed E-state index contributed by atoms with van der Waals surface area (Å²) in [5.41, 5.74) is 3.00. The van der Waals surface area contributed by atoms with E-state index < -0.39 is 0 Å². The third-order valence-corrected chi connectivity index (χ3v) is 6.06. The van der Waals surface area contributed by atoms with E-state index in [1.165, 1.54) is 24.8 Å². The quantitative estimate of drug-likeness (QED) is 0.874. The highest BCUT2D eigenvalue weighted by Gasteiger charge is 2.27. The van der Waals surface area contributed by atoms with Gasteiger partial charge >= 0.3 is 0 Å². The Morgan fingerprint density at radius 2 is 1.88 bits per heavy atom. The van der Waals surface area contributed by atoms with E-state index in [4.69, 9.17) is 0 Å². The molecule has 0 spiro atoms. The van der Waals surface area contributed by atoms with Gasteiger partial charge in [0.2, 0.25) is 0 Å². The van der Waals surface area contributed by atoms with Gasteiger partial charge in [-0.1, -0.05) is 19.3 Å². The Hall–Kier alpha value is -2.11. The first-order valence-electron chi connectivity index (χ1n) is 10.1. The Balaban J connectivity index is 1.34. The highest BCUT2D eigenvalue weighted by molar-refractivity contribution is 5.95. The lowest BCUT2D eigenvalue weighted by molar-refractivity contribution is 0.0920. The van der Waals surface area contributed by atoms with E-state index >= 15 is 0 Å². The lowest BCUT2D eigenvalue weighted by atomic mass is 9.85. The maximum Gasteiger partial charge on any atom is 0.254 e. The summed E-state index contributed by atoms with van der Waals surface area (Å²) in [7, 11) is 0. The fourth-order valence-electron chi connectivity index (χ4n) is 4.56. The molecule has 2 aliphatic rings. The molecule has 0 saturated heterocycles. The Kier molecular flexibility index (Phi) is 5.09. The predicted molar refractivity (Wildman–Crippen MR) is 100 cm³/mol. The van der Waals surface area contributed by atoms with Crippen molar-refractivity contribution < 1.29 is 4.79 Å². The van der Waals surface area contributed by atoms with Gasteiger partial charge in [0.1, 0.15) is 0 Å². The minimum atomic E-state index is 0.0395. The molecule has 0 aliphatic heterocycles. The van der Waals surface area contributed by atoms with E-state index in [0.717, 1.165) is 49.8 Å². The van der Waals surface area contributed by atoms with E-state index in [1.54, 1.807) is 6.20 Å². The van der Waals surface area contributed by atoms with Crippen LogP contribution in [0.2, 0.25) is 0 Å². The molecule has 6 heteroatoms. The van der Waals surface area contributed by atoms with Gasteiger partial charge in [0.15, 0.2) is 0 Å². The Bertz CT molecular complexity index is 735. The number of aromatic nitrogens is 4. The number of carbonyl (C=O) groups is 1. The van der Waals surface area contributed by atoms with Crippen LogP contribution in [0, 0.1) is 6.92 Å². The number of aryl methyl sites for hydroxylation is 1. The summed E-state index contributed by atoms with van der Waals surface area (Å²) in [6.45, 7) is 2.07. The first-order chi connectivity index (χ1) is 12.7. The summed E-state index contributed by atoms with van der Waals surface area (Å²) in [6, 6.07) is 0.716. The molecule has 2 N–H and O–H groups in total. The lowest BCUT2D eigenvalue weighted by Gasteiger charge is -2.29. The average molecular weight is 355 g/mol. The Labute approximate surface area is 154 Å². The van der Waals surface area contributed by atoms with E-state index in [-0.39, 0.29) is 11.9 Å². The Morgan fingerprint density at radius 1 is 1.12 bits per heavy atom. The van der Waals surface area contributed by atoms with Crippen molar-refractivity contribution >= 4 is 5.91 Å². The van der Waals surface area contributed by atoms with Gasteiger partial charge in [-0.15, -0.1) is 0 Å². The van der Waals surface area contributed by atoms with Crippen molar-refractivity contribution in [3.63, 3.8) is 0 Å². The minimum Gasteiger partial charge on any atom is -0.349 e. The van der Waals surface area contributed by atoms with Crippen LogP contribution in [-0.4, -0.2) is 31.9 Å². The van der Waals surface area contributed by atoms with Gasteiger partial charge in [-0.25, -0.2) is 0 Å². The zero-order valence-electron chi connectivity index (χ0n) is 15.6. The number of hydrogen-bond acceptors (Lipinski definition) is 3. The molecule has 2 aromatic rings. The third-order valence-electron chi connectivity index (χ3n) is 6.06. The van der Waals surface area contributed by atoms with E-state index in [2.05, 4.69) is 38.4 Å². The molecule has 0 unspecified atom stereocenters. The van der Waals surface area contributed by atoms with E-state index in [9.17, 15) is 4.79 Å². The van der Waals surface area contributed by atoms with Gasteiger partial charge < -0.3 is 5.32 Å². The summed E-state index contributed by atoms with van der Waals surface area (Å²) >= 11 is 0. The summed E-state index contributed by atoms with van der Waals surface area (Å²) in [4.78, 5) is 12.8. The number of hydrogen-bond donors (Lipinski definition) is 2. The van der Waals surface area contributed by atoms with Crippen molar-refractivity contribution in [3.05, 3.63) is 35.4 Å². The van der Waals surface area contributed by atoms with Crippen molar-refractivity contribution in [1.29, 1.82) is 0 Å². The summed E-state index contributed by atoms with van der Waals surface area (Å²) in [5.74, 6) is 0.503. The number of nitrogens with one attached hydrogen (secondary N) is 2. The molecule has 2 aliphatic carbocycles. The maximum atomic E-state index is 12.8. The fourth-order valence-corrected chi connectivity index (χ4v) is 4.56. The zero-order valence-corrected chi connectivity index (χ0v) is 15.6. The standard InChI is InChI=1S/C20H29N5O/c1-14-11-22-25(13-14)17-9-7-16(8-10-17)23-20(26)18-12-21-24-19(18)15-5-3-2-4-6-15/h11-13,15-17H,2-10H2,1H3,(H,21,24)(H,23,26). The van der Waals surface area contributed by atoms with Crippen LogP contribution in [0.1, 0.15) is 91.4 Å². The topological polar surface area (TPSA) is 75.6 Å². The summed E-state index contributed by atoms with van der Waals surface area (Å²) < 4.78 is 2.09. The molecule has 2 heterocycles. The molecule has 2 saturated carbocycles. The van der Waals surface area contributed by atoms with Crippen LogP contribution in [0.5, 0.6) is 0 Å². The molecule has 2 fully saturated rings. The first kappa shape index (κ1) is 17.3. The van der Waals surface area contributed by atoms with Gasteiger partial charge in [0.05, 0.1) is 29.7 Å². The Morgan fingerprint density at radius 3 is 2.58 bits per heavy atom. The van der Waals surface area contributed by atoms with Crippen LogP contribution in [0.4, 0.5) is 0 Å². The van der Waals surface area contributed by atoms with Gasteiger partial charge in [-0.05, 0) is 51.0 Å². The van der Waals surface area contributed by atoms with Crippen LogP contribution in [0.15, 0.2) is 18.6 Å². The van der Waals surface area contributed by atoms with Gasteiger partial charge in [-0.2, -0.15) is 10.2 Å². The van der Waals surface area contributed by atoms with E-state index in [0.29, 0.717) is 12.0 Å². The fraction of sp³-hybridized carbons (Fsp3) is 0.650. The summed E-state index contributed by atoms with van der Waals surface area (Å²) in [6.07, 6.45) is 16.0. The van der Waals surface area contributed by atoms with Gasteiger partial charge in [-0.3, -0.25) is 14.6 Å². The van der Waals surface area contributed by atoms with Crippen molar-refractivity contribution in [2.24, 2.45) is 0 Å². The normalized spacial score (nSPS) is 24.5. The number of H-pyrrole nitrogens is 1. The predicted octanol–water partition coefficient (Wildman–Crippen LogP) is 3.88. The smallest absolute Gasteiger partial charge is 0.254 e. The molecule has 0 bridgehead atoms. The average Bonchev–Trinajstić information content (AvgIpc) is 3.32. The first-order valence-corrected chi connectivity index (χ1v) is 10.1. The molecule has 26 heavy (non-hydrogen) atoms. The molecular weight excluding hydrogens is 326 g/mol. The van der Waals surface area contributed by atoms with Crippen LogP contribution in [0.25, 0.3) is 0 Å². The van der Waals surface area contributed by atoms with Crippen molar-refractivity contribution in [2.75, 3.05) is 0 Å². The number of rotatable bonds is 4. The molecule has 4 rings (SSSR count). The van der Waals surface area contributed by atoms with Crippen molar-refractivity contribution in [2.45, 2.75) is 82.7 Å². The molecule has 0 aromatic carbocycles. The van der Waals surface area contributed by atoms with Gasteiger partial charge in [0, 0.05) is 18.2 Å². The molecular formula is C20H29N5O. The SMILES string of the molecule is Cc1cnn(C2CCC(NC(=O)c3cn[nH]c3C3CCCCC3)CC2)c1. The molecule has 0 radical (unpaired) electrons. The van der Waals surface area contributed by atoms with E-state index in [1.807, 2.05) is 6.20 Å². The van der Waals surface area contributed by atoms with Crippen molar-refractivity contribution in [1.82, 2.24) is 25.3 Å². The monoisotopic (exact) mass is 355 g/mol. The molecule has 1 amide bonds. The van der Waals surface area contributed by atoms with Crippen LogP contribution < -0.4 is 5.32 Å². The molecule has 6 nitrogen and oxygen atoms in total. The van der Waals surface area contributed by atoms with Crippen LogP contribution in [-0.2, 0) is 0 Å². The molecule has 140 valence electrons. The maximum absolute atomic E-state index is 12.8. The van der Waals surface area contributed by atoms with Crippen LogP contribution in [0.3, 0.4) is 0 Å². The second kappa shape index (κ2) is 7.64. The number of aromatic amines is 1. The zero-order chi connectivity index (χ0) is 17.9. The summed E-state index contributed by atoms with van der Waals surface area (Å²) in [5, 5.41) is 15.0. The van der Waals surface area contributed by atoms with Gasteiger partial charge in [0.25, 0.3) is 5.91 Å². The lowest BCUT2D eigenvalue weighted by Crippen LogP contribution is -2.38.